The van der Waals surface area contributed by atoms with Crippen molar-refractivity contribution < 1.29 is 19.0 Å². The fourth-order valence-corrected chi connectivity index (χ4v) is 1.54. The van der Waals surface area contributed by atoms with E-state index in [1.165, 1.54) is 0 Å². The topological polar surface area (TPSA) is 56.8 Å². The van der Waals surface area contributed by atoms with E-state index in [0.29, 0.717) is 25.6 Å². The zero-order valence-corrected chi connectivity index (χ0v) is 10.3. The van der Waals surface area contributed by atoms with Crippen molar-refractivity contribution in [3.05, 3.63) is 24.3 Å². The van der Waals surface area contributed by atoms with Gasteiger partial charge in [0.2, 0.25) is 0 Å². The lowest BCUT2D eigenvalue weighted by Crippen LogP contribution is -2.49. The van der Waals surface area contributed by atoms with Gasteiger partial charge in [-0.2, -0.15) is 0 Å². The van der Waals surface area contributed by atoms with E-state index in [-0.39, 0.29) is 18.6 Å². The van der Waals surface area contributed by atoms with Crippen molar-refractivity contribution in [2.45, 2.75) is 13.0 Å². The summed E-state index contributed by atoms with van der Waals surface area (Å²) in [5.41, 5.74) is 0. The van der Waals surface area contributed by atoms with Gasteiger partial charge in [0, 0.05) is 0 Å². The summed E-state index contributed by atoms with van der Waals surface area (Å²) in [7, 11) is 0. The maximum atomic E-state index is 11.5. The molecule has 0 aliphatic carbocycles. The highest BCUT2D eigenvalue weighted by Crippen LogP contribution is 2.17. The van der Waals surface area contributed by atoms with Crippen molar-refractivity contribution >= 4 is 5.91 Å². The highest BCUT2D eigenvalue weighted by Gasteiger charge is 2.20. The van der Waals surface area contributed by atoms with Crippen LogP contribution in [0, 0.1) is 0 Å². The average molecular weight is 251 g/mol. The molecule has 1 aromatic carbocycles. The Bertz CT molecular complexity index is 386. The molecule has 5 nitrogen and oxygen atoms in total. The van der Waals surface area contributed by atoms with Gasteiger partial charge in [0.1, 0.15) is 11.5 Å². The van der Waals surface area contributed by atoms with Crippen LogP contribution in [0.1, 0.15) is 6.92 Å². The minimum atomic E-state index is -0.128. The Kier molecular flexibility index (Phi) is 4.41. The van der Waals surface area contributed by atoms with Crippen molar-refractivity contribution in [2.75, 3.05) is 26.4 Å². The van der Waals surface area contributed by atoms with Gasteiger partial charge in [0.25, 0.3) is 5.91 Å². The lowest BCUT2D eigenvalue weighted by atomic mass is 10.2. The van der Waals surface area contributed by atoms with Crippen LogP contribution in [0.3, 0.4) is 0 Å². The summed E-state index contributed by atoms with van der Waals surface area (Å²) in [5.74, 6) is 1.32. The minimum Gasteiger partial charge on any atom is -0.494 e. The van der Waals surface area contributed by atoms with Crippen LogP contribution in [0.4, 0.5) is 0 Å². The van der Waals surface area contributed by atoms with Crippen LogP contribution in [0.5, 0.6) is 11.5 Å². The van der Waals surface area contributed by atoms with Crippen LogP contribution in [0.25, 0.3) is 0 Å². The lowest BCUT2D eigenvalue weighted by Gasteiger charge is -2.26. The Morgan fingerprint density at radius 2 is 1.89 bits per heavy atom. The third-order valence-corrected chi connectivity index (χ3v) is 2.51. The van der Waals surface area contributed by atoms with Crippen molar-refractivity contribution in [1.82, 2.24) is 5.32 Å². The number of amides is 1. The van der Waals surface area contributed by atoms with Crippen LogP contribution in [0.15, 0.2) is 24.3 Å². The molecule has 2 rings (SSSR count). The predicted octanol–water partition coefficient (Wildman–Crippen LogP) is 0.979. The van der Waals surface area contributed by atoms with Crippen molar-refractivity contribution in [3.63, 3.8) is 0 Å². The quantitative estimate of drug-likeness (QED) is 0.818. The summed E-state index contributed by atoms with van der Waals surface area (Å²) < 4.78 is 15.6. The molecule has 0 bridgehead atoms. The highest BCUT2D eigenvalue weighted by molar-refractivity contribution is 5.77. The van der Waals surface area contributed by atoms with Crippen molar-refractivity contribution in [2.24, 2.45) is 0 Å². The third-order valence-electron chi connectivity index (χ3n) is 2.51. The largest absolute Gasteiger partial charge is 0.494 e. The van der Waals surface area contributed by atoms with Crippen LogP contribution >= 0.6 is 0 Å². The SMILES string of the molecule is CCOc1ccc(OCC(=O)NC2COC2)cc1. The third kappa shape index (κ3) is 3.63. The van der Waals surface area contributed by atoms with E-state index in [4.69, 9.17) is 14.2 Å². The normalized spacial score (nSPS) is 14.7. The summed E-state index contributed by atoms with van der Waals surface area (Å²) in [6, 6.07) is 7.34. The zero-order valence-electron chi connectivity index (χ0n) is 10.3. The van der Waals surface area contributed by atoms with Gasteiger partial charge in [-0.25, -0.2) is 0 Å². The number of nitrogens with one attached hydrogen (secondary N) is 1. The summed E-state index contributed by atoms with van der Waals surface area (Å²) in [5, 5.41) is 2.80. The summed E-state index contributed by atoms with van der Waals surface area (Å²) in [6.45, 7) is 3.76. The minimum absolute atomic E-state index is 0.0183. The molecule has 0 spiro atoms. The average Bonchev–Trinajstić information content (AvgIpc) is 2.33. The molecule has 1 aliphatic heterocycles. The van der Waals surface area contributed by atoms with Crippen LogP contribution < -0.4 is 14.8 Å². The van der Waals surface area contributed by atoms with Gasteiger partial charge in [0.05, 0.1) is 25.9 Å². The molecule has 1 fully saturated rings. The number of carbonyl (C=O) groups is 1. The first kappa shape index (κ1) is 12.7. The highest BCUT2D eigenvalue weighted by atomic mass is 16.5. The van der Waals surface area contributed by atoms with E-state index in [0.717, 1.165) is 5.75 Å². The van der Waals surface area contributed by atoms with E-state index in [1.807, 2.05) is 19.1 Å². The van der Waals surface area contributed by atoms with Crippen LogP contribution in [-0.2, 0) is 9.53 Å². The molecule has 1 heterocycles. The molecule has 0 unspecified atom stereocenters. The smallest absolute Gasteiger partial charge is 0.258 e. The fraction of sp³-hybridized carbons (Fsp3) is 0.462. The first-order valence-electron chi connectivity index (χ1n) is 6.00. The number of benzene rings is 1. The fourth-order valence-electron chi connectivity index (χ4n) is 1.54. The van der Waals surface area contributed by atoms with Crippen LogP contribution in [-0.4, -0.2) is 38.4 Å². The van der Waals surface area contributed by atoms with Crippen molar-refractivity contribution in [3.8, 4) is 11.5 Å². The molecule has 1 amide bonds. The molecule has 18 heavy (non-hydrogen) atoms. The second-order valence-electron chi connectivity index (χ2n) is 3.99. The van der Waals surface area contributed by atoms with E-state index >= 15 is 0 Å². The van der Waals surface area contributed by atoms with Gasteiger partial charge < -0.3 is 19.5 Å². The molecule has 1 saturated heterocycles. The monoisotopic (exact) mass is 251 g/mol. The second-order valence-corrected chi connectivity index (χ2v) is 3.99. The zero-order chi connectivity index (χ0) is 12.8. The first-order valence-corrected chi connectivity index (χ1v) is 6.00. The molecular weight excluding hydrogens is 234 g/mol. The first-order chi connectivity index (χ1) is 8.78. The molecule has 0 aromatic heterocycles. The van der Waals surface area contributed by atoms with Gasteiger partial charge in [-0.05, 0) is 31.2 Å². The Balaban J connectivity index is 1.73. The maximum Gasteiger partial charge on any atom is 0.258 e. The van der Waals surface area contributed by atoms with Gasteiger partial charge in [-0.15, -0.1) is 0 Å². The van der Waals surface area contributed by atoms with Gasteiger partial charge in [-0.3, -0.25) is 4.79 Å². The Labute approximate surface area is 106 Å². The maximum absolute atomic E-state index is 11.5. The number of ether oxygens (including phenoxy) is 3. The Morgan fingerprint density at radius 3 is 2.39 bits per heavy atom. The lowest BCUT2D eigenvalue weighted by molar-refractivity contribution is -0.127. The summed E-state index contributed by atoms with van der Waals surface area (Å²) in [6.07, 6.45) is 0. The second kappa shape index (κ2) is 6.26. The Hall–Kier alpha value is -1.75. The van der Waals surface area contributed by atoms with E-state index < -0.39 is 0 Å². The molecule has 1 N–H and O–H groups in total. The number of carbonyl (C=O) groups excluding carboxylic acids is 1. The molecule has 0 radical (unpaired) electrons. The standard InChI is InChI=1S/C13H17NO4/c1-2-17-11-3-5-12(6-4-11)18-9-13(15)14-10-7-16-8-10/h3-6,10H,2,7-9H2,1H3,(H,14,15). The van der Waals surface area contributed by atoms with Gasteiger partial charge in [-0.1, -0.05) is 0 Å². The van der Waals surface area contributed by atoms with Gasteiger partial charge >= 0.3 is 0 Å². The molecule has 1 aromatic rings. The van der Waals surface area contributed by atoms with E-state index in [1.54, 1.807) is 12.1 Å². The molecule has 5 heteroatoms. The number of hydrogen-bond donors (Lipinski definition) is 1. The molecular formula is C13H17NO4. The van der Waals surface area contributed by atoms with Crippen LogP contribution in [0.2, 0.25) is 0 Å². The Morgan fingerprint density at radius 1 is 1.28 bits per heavy atom. The molecule has 1 aliphatic rings. The summed E-state index contributed by atoms with van der Waals surface area (Å²) in [4.78, 5) is 11.5. The van der Waals surface area contributed by atoms with E-state index in [9.17, 15) is 4.79 Å². The molecule has 0 atom stereocenters. The van der Waals surface area contributed by atoms with Gasteiger partial charge in [0.15, 0.2) is 6.61 Å². The summed E-state index contributed by atoms with van der Waals surface area (Å²) >= 11 is 0. The predicted molar refractivity (Wildman–Crippen MR) is 65.9 cm³/mol. The molecule has 0 saturated carbocycles. The number of rotatable bonds is 6. The van der Waals surface area contributed by atoms with Crippen molar-refractivity contribution in [1.29, 1.82) is 0 Å². The molecule has 98 valence electrons. The van der Waals surface area contributed by atoms with E-state index in [2.05, 4.69) is 5.32 Å². The number of hydrogen-bond acceptors (Lipinski definition) is 4.